The van der Waals surface area contributed by atoms with E-state index in [2.05, 4.69) is 16.8 Å². The maximum Gasteiger partial charge on any atom is 0.408 e. The normalized spacial score (nSPS) is 12.7. The van der Waals surface area contributed by atoms with Gasteiger partial charge in [0.15, 0.2) is 0 Å². The Bertz CT molecular complexity index is 774. The molecule has 0 aliphatic carbocycles. The quantitative estimate of drug-likeness (QED) is 0.798. The van der Waals surface area contributed by atoms with E-state index in [0.29, 0.717) is 6.42 Å². The second-order valence-electron chi connectivity index (χ2n) is 7.11. The van der Waals surface area contributed by atoms with Crippen LogP contribution in [0.25, 0.3) is 10.9 Å². The molecule has 0 saturated carbocycles. The number of hydrogen-bond acceptors (Lipinski definition) is 4. The number of rotatable bonds is 6. The van der Waals surface area contributed by atoms with Crippen LogP contribution < -0.4 is 5.32 Å². The Morgan fingerprint density at radius 2 is 1.88 bits per heavy atom. The first-order valence-electron chi connectivity index (χ1n) is 8.98. The van der Waals surface area contributed by atoms with Crippen LogP contribution in [-0.2, 0) is 27.2 Å². The van der Waals surface area contributed by atoms with E-state index in [1.165, 1.54) is 0 Å². The average molecular weight is 360 g/mol. The fourth-order valence-corrected chi connectivity index (χ4v) is 2.85. The third-order valence-corrected chi connectivity index (χ3v) is 3.90. The first kappa shape index (κ1) is 19.8. The van der Waals surface area contributed by atoms with Crippen molar-refractivity contribution in [1.29, 1.82) is 0 Å². The van der Waals surface area contributed by atoms with Crippen LogP contribution in [-0.4, -0.2) is 34.9 Å². The highest BCUT2D eigenvalue weighted by Crippen LogP contribution is 2.23. The van der Waals surface area contributed by atoms with Crippen LogP contribution in [0.4, 0.5) is 4.79 Å². The van der Waals surface area contributed by atoms with E-state index in [9.17, 15) is 9.59 Å². The van der Waals surface area contributed by atoms with E-state index in [4.69, 9.17) is 9.47 Å². The summed E-state index contributed by atoms with van der Waals surface area (Å²) in [5.41, 5.74) is 1.45. The number of amides is 1. The average Bonchev–Trinajstić information content (AvgIpc) is 2.91. The van der Waals surface area contributed by atoms with Crippen LogP contribution in [0.1, 0.15) is 40.2 Å². The van der Waals surface area contributed by atoms with Gasteiger partial charge in [-0.15, -0.1) is 0 Å². The topological polar surface area (TPSA) is 69.6 Å². The van der Waals surface area contributed by atoms with E-state index < -0.39 is 23.7 Å². The Hall–Kier alpha value is -2.50. The van der Waals surface area contributed by atoms with Gasteiger partial charge in [0.25, 0.3) is 0 Å². The molecule has 0 radical (unpaired) electrons. The molecule has 0 unspecified atom stereocenters. The molecule has 2 aromatic rings. The van der Waals surface area contributed by atoms with Crippen LogP contribution in [0.2, 0.25) is 0 Å². The molecule has 6 nitrogen and oxygen atoms in total. The number of aromatic nitrogens is 1. The molecule has 1 N–H and O–H groups in total. The third kappa shape index (κ3) is 5.00. The lowest BCUT2D eigenvalue weighted by atomic mass is 10.1. The van der Waals surface area contributed by atoms with E-state index in [1.54, 1.807) is 27.7 Å². The smallest absolute Gasteiger partial charge is 0.408 e. The minimum Gasteiger partial charge on any atom is -0.464 e. The standard InChI is InChI=1S/C20H28N2O4/c1-6-22-13-14(15-10-8-9-11-17(15)22)12-16(18(23)25-7-2)21-19(24)26-20(3,4)5/h8-11,13,16H,6-7,12H2,1-5H3,(H,21,24)/t16-/m0/s1. The predicted molar refractivity (Wildman–Crippen MR) is 101 cm³/mol. The molecule has 0 saturated heterocycles. The molecule has 0 fully saturated rings. The van der Waals surface area contributed by atoms with Crippen molar-refractivity contribution in [3.05, 3.63) is 36.0 Å². The highest BCUT2D eigenvalue weighted by atomic mass is 16.6. The number of ether oxygens (including phenoxy) is 2. The number of nitrogens with one attached hydrogen (secondary N) is 1. The zero-order valence-corrected chi connectivity index (χ0v) is 16.2. The molecule has 2 rings (SSSR count). The number of alkyl carbamates (subject to hydrolysis) is 1. The van der Waals surface area contributed by atoms with Crippen molar-refractivity contribution in [3.63, 3.8) is 0 Å². The molecule has 1 heterocycles. The van der Waals surface area contributed by atoms with Gasteiger partial charge in [0.1, 0.15) is 11.6 Å². The highest BCUT2D eigenvalue weighted by Gasteiger charge is 2.26. The number of carbonyl (C=O) groups excluding carboxylic acids is 2. The number of fused-ring (bicyclic) bond motifs is 1. The number of nitrogens with zero attached hydrogens (tertiary/aromatic N) is 1. The fourth-order valence-electron chi connectivity index (χ4n) is 2.85. The van der Waals surface area contributed by atoms with Gasteiger partial charge in [0.05, 0.1) is 6.61 Å². The summed E-state index contributed by atoms with van der Waals surface area (Å²) in [6, 6.07) is 7.21. The molecular formula is C20H28N2O4. The van der Waals surface area contributed by atoms with Gasteiger partial charge in [0, 0.05) is 30.1 Å². The van der Waals surface area contributed by atoms with Gasteiger partial charge >= 0.3 is 12.1 Å². The van der Waals surface area contributed by atoms with Crippen molar-refractivity contribution >= 4 is 23.0 Å². The molecule has 0 aliphatic rings. The second-order valence-corrected chi connectivity index (χ2v) is 7.11. The SMILES string of the molecule is CCOC(=O)[C@H](Cc1cn(CC)c2ccccc12)NC(=O)OC(C)(C)C. The van der Waals surface area contributed by atoms with Gasteiger partial charge in [-0.2, -0.15) is 0 Å². The first-order chi connectivity index (χ1) is 12.2. The molecule has 1 atom stereocenters. The summed E-state index contributed by atoms with van der Waals surface area (Å²) in [4.78, 5) is 24.5. The van der Waals surface area contributed by atoms with Gasteiger partial charge in [-0.25, -0.2) is 9.59 Å². The van der Waals surface area contributed by atoms with Crippen molar-refractivity contribution in [1.82, 2.24) is 9.88 Å². The van der Waals surface area contributed by atoms with E-state index in [0.717, 1.165) is 23.0 Å². The zero-order valence-electron chi connectivity index (χ0n) is 16.2. The van der Waals surface area contributed by atoms with Crippen molar-refractivity contribution in [2.75, 3.05) is 6.61 Å². The van der Waals surface area contributed by atoms with Crippen molar-refractivity contribution in [2.24, 2.45) is 0 Å². The number of benzene rings is 1. The largest absolute Gasteiger partial charge is 0.464 e. The molecule has 6 heteroatoms. The first-order valence-corrected chi connectivity index (χ1v) is 8.98. The number of esters is 1. The Balaban J connectivity index is 2.27. The summed E-state index contributed by atoms with van der Waals surface area (Å²) in [7, 11) is 0. The lowest BCUT2D eigenvalue weighted by molar-refractivity contribution is -0.145. The van der Waals surface area contributed by atoms with Gasteiger partial charge in [-0.05, 0) is 46.2 Å². The van der Waals surface area contributed by atoms with Crippen LogP contribution in [0.5, 0.6) is 0 Å². The van der Waals surface area contributed by atoms with E-state index in [1.807, 2.05) is 30.5 Å². The monoisotopic (exact) mass is 360 g/mol. The number of hydrogen-bond donors (Lipinski definition) is 1. The molecular weight excluding hydrogens is 332 g/mol. The molecule has 142 valence electrons. The van der Waals surface area contributed by atoms with Crippen LogP contribution >= 0.6 is 0 Å². The molecule has 1 aromatic carbocycles. The Kier molecular flexibility index (Phi) is 6.29. The minimum atomic E-state index is -0.805. The van der Waals surface area contributed by atoms with Crippen molar-refractivity contribution < 1.29 is 19.1 Å². The maximum atomic E-state index is 12.4. The fraction of sp³-hybridized carbons (Fsp3) is 0.500. The Morgan fingerprint density at radius 1 is 1.19 bits per heavy atom. The van der Waals surface area contributed by atoms with Crippen LogP contribution in [0.15, 0.2) is 30.5 Å². The molecule has 0 spiro atoms. The van der Waals surface area contributed by atoms with Crippen LogP contribution in [0.3, 0.4) is 0 Å². The second kappa shape index (κ2) is 8.25. The van der Waals surface area contributed by atoms with Gasteiger partial charge < -0.3 is 19.4 Å². The number of aryl methyl sites for hydroxylation is 1. The Labute approximate surface area is 154 Å². The maximum absolute atomic E-state index is 12.4. The van der Waals surface area contributed by atoms with E-state index >= 15 is 0 Å². The van der Waals surface area contributed by atoms with Crippen molar-refractivity contribution in [2.45, 2.75) is 59.2 Å². The molecule has 1 amide bonds. The third-order valence-electron chi connectivity index (χ3n) is 3.90. The lowest BCUT2D eigenvalue weighted by Gasteiger charge is -2.22. The van der Waals surface area contributed by atoms with Gasteiger partial charge in [0.2, 0.25) is 0 Å². The highest BCUT2D eigenvalue weighted by molar-refractivity contribution is 5.86. The number of para-hydroxylation sites is 1. The molecule has 0 aliphatic heterocycles. The van der Waals surface area contributed by atoms with Crippen molar-refractivity contribution in [3.8, 4) is 0 Å². The van der Waals surface area contributed by atoms with Crippen LogP contribution in [0, 0.1) is 0 Å². The predicted octanol–water partition coefficient (Wildman–Crippen LogP) is 3.66. The lowest BCUT2D eigenvalue weighted by Crippen LogP contribution is -2.45. The summed E-state index contributed by atoms with van der Waals surface area (Å²) in [5.74, 6) is -0.466. The summed E-state index contributed by atoms with van der Waals surface area (Å²) in [5, 5.41) is 3.72. The zero-order chi connectivity index (χ0) is 19.3. The summed E-state index contributed by atoms with van der Waals surface area (Å²) in [6.45, 7) is 10.2. The summed E-state index contributed by atoms with van der Waals surface area (Å²) >= 11 is 0. The summed E-state index contributed by atoms with van der Waals surface area (Å²) in [6.07, 6.45) is 1.73. The van der Waals surface area contributed by atoms with Gasteiger partial charge in [-0.3, -0.25) is 0 Å². The molecule has 1 aromatic heterocycles. The number of carbonyl (C=O) groups is 2. The minimum absolute atomic E-state index is 0.252. The summed E-state index contributed by atoms with van der Waals surface area (Å²) < 4.78 is 12.5. The van der Waals surface area contributed by atoms with Gasteiger partial charge in [-0.1, -0.05) is 18.2 Å². The molecule has 0 bridgehead atoms. The molecule has 26 heavy (non-hydrogen) atoms. The Morgan fingerprint density at radius 3 is 2.50 bits per heavy atom. The van der Waals surface area contributed by atoms with E-state index in [-0.39, 0.29) is 6.61 Å².